The second-order valence-electron chi connectivity index (χ2n) is 10.4. The van der Waals surface area contributed by atoms with Crippen LogP contribution in [-0.4, -0.2) is 85.6 Å². The largest absolute Gasteiger partial charge is 0.470 e. The first-order chi connectivity index (χ1) is 18.9. The van der Waals surface area contributed by atoms with Crippen LogP contribution in [0, 0.1) is 0 Å². The summed E-state index contributed by atoms with van der Waals surface area (Å²) in [5.74, 6) is 1.27. The minimum Gasteiger partial charge on any atom is -0.470 e. The van der Waals surface area contributed by atoms with Gasteiger partial charge in [-0.3, -0.25) is 4.79 Å². The Labute approximate surface area is 231 Å². The highest BCUT2D eigenvalue weighted by molar-refractivity contribution is 6.33. The molecule has 1 saturated carbocycles. The fourth-order valence-corrected chi connectivity index (χ4v) is 4.79. The molecule has 0 atom stereocenters. The van der Waals surface area contributed by atoms with Crippen LogP contribution in [-0.2, 0) is 11.3 Å². The van der Waals surface area contributed by atoms with E-state index in [1.165, 1.54) is 6.33 Å². The number of likely N-dealkylation sites (N-methyl/N-ethyl adjacent to an activating group) is 1. The second kappa shape index (κ2) is 10.4. The quantitative estimate of drug-likeness (QED) is 0.329. The summed E-state index contributed by atoms with van der Waals surface area (Å²) in [6.45, 7) is 5.59. The van der Waals surface area contributed by atoms with Crippen molar-refractivity contribution < 1.29 is 14.3 Å². The Bertz CT molecular complexity index is 1500. The lowest BCUT2D eigenvalue weighted by atomic mass is 10.2. The third kappa shape index (κ3) is 5.53. The molecule has 10 nitrogen and oxygen atoms in total. The Morgan fingerprint density at radius 1 is 1.08 bits per heavy atom. The van der Waals surface area contributed by atoms with Crippen LogP contribution in [0.1, 0.15) is 25.3 Å². The highest BCUT2D eigenvalue weighted by Crippen LogP contribution is 2.41. The minimum atomic E-state index is -0.218. The average molecular weight is 548 g/mol. The molecule has 39 heavy (non-hydrogen) atoms. The van der Waals surface area contributed by atoms with Crippen LogP contribution < -0.4 is 9.47 Å². The summed E-state index contributed by atoms with van der Waals surface area (Å²) in [4.78, 5) is 34.9. The Morgan fingerprint density at radius 2 is 1.85 bits per heavy atom. The van der Waals surface area contributed by atoms with E-state index >= 15 is 0 Å². The smallest absolute Gasteiger partial charge is 0.260 e. The molecule has 2 aliphatic rings. The van der Waals surface area contributed by atoms with Crippen LogP contribution in [0.15, 0.2) is 48.9 Å². The van der Waals surface area contributed by atoms with Gasteiger partial charge in [0.15, 0.2) is 17.8 Å². The maximum atomic E-state index is 12.6. The number of pyridine rings is 1. The van der Waals surface area contributed by atoms with Gasteiger partial charge < -0.3 is 23.8 Å². The molecule has 4 aromatic rings. The van der Waals surface area contributed by atoms with Crippen LogP contribution in [0.2, 0.25) is 5.02 Å². The summed E-state index contributed by atoms with van der Waals surface area (Å²) in [5, 5.41) is 0.404. The number of benzene rings is 1. The van der Waals surface area contributed by atoms with E-state index in [1.54, 1.807) is 12.3 Å². The summed E-state index contributed by atoms with van der Waals surface area (Å²) in [5.41, 5.74) is 2.71. The summed E-state index contributed by atoms with van der Waals surface area (Å²) in [6.07, 6.45) is 5.08. The predicted molar refractivity (Wildman–Crippen MR) is 147 cm³/mol. The van der Waals surface area contributed by atoms with Crippen LogP contribution in [0.5, 0.6) is 11.8 Å². The van der Waals surface area contributed by atoms with Crippen molar-refractivity contribution in [3.05, 3.63) is 59.5 Å². The average Bonchev–Trinajstić information content (AvgIpc) is 3.56. The number of amides is 1. The lowest BCUT2D eigenvalue weighted by Crippen LogP contribution is -2.48. The number of imidazole rings is 1. The zero-order valence-electron chi connectivity index (χ0n) is 22.0. The number of rotatable bonds is 8. The number of ether oxygens (including phenoxy) is 2. The van der Waals surface area contributed by atoms with Crippen molar-refractivity contribution in [2.45, 2.75) is 31.9 Å². The molecular formula is C28H30ClN7O3. The number of carbonyl (C=O) groups is 1. The molecule has 2 fully saturated rings. The van der Waals surface area contributed by atoms with Gasteiger partial charge in [0.2, 0.25) is 11.8 Å². The first-order valence-electron chi connectivity index (χ1n) is 13.1. The van der Waals surface area contributed by atoms with Crippen molar-refractivity contribution in [1.29, 1.82) is 0 Å². The molecule has 1 aromatic carbocycles. The van der Waals surface area contributed by atoms with E-state index in [1.807, 2.05) is 46.8 Å². The Kier molecular flexibility index (Phi) is 6.82. The zero-order chi connectivity index (χ0) is 27.0. The molecule has 6 rings (SSSR count). The highest BCUT2D eigenvalue weighted by atomic mass is 35.5. The standard InChI is InChI=1S/C28H30ClN7O3/c1-28(8-9-28)39-27-24-26(31-18-32-27)36(16-19-6-4-3-5-7-19)25(33-24)20-15-30-22(14-21(20)29)38-17-23(37)35-12-10-34(2)11-13-35/h3-7,14-15,18H,8-13,16-17H2,1-2H3. The molecule has 202 valence electrons. The summed E-state index contributed by atoms with van der Waals surface area (Å²) in [7, 11) is 2.05. The first-order valence-corrected chi connectivity index (χ1v) is 13.5. The van der Waals surface area contributed by atoms with Gasteiger partial charge >= 0.3 is 0 Å². The number of hydrogen-bond donors (Lipinski definition) is 0. The number of carbonyl (C=O) groups excluding carboxylic acids is 1. The maximum Gasteiger partial charge on any atom is 0.260 e. The summed E-state index contributed by atoms with van der Waals surface area (Å²) in [6, 6.07) is 11.7. The number of fused-ring (bicyclic) bond motifs is 1. The lowest BCUT2D eigenvalue weighted by molar-refractivity contribution is -0.135. The van der Waals surface area contributed by atoms with E-state index in [4.69, 9.17) is 26.1 Å². The van der Waals surface area contributed by atoms with Crippen LogP contribution in [0.3, 0.4) is 0 Å². The van der Waals surface area contributed by atoms with Gasteiger partial charge in [0.1, 0.15) is 17.8 Å². The summed E-state index contributed by atoms with van der Waals surface area (Å²) >= 11 is 6.76. The molecule has 3 aromatic heterocycles. The second-order valence-corrected chi connectivity index (χ2v) is 10.8. The van der Waals surface area contributed by atoms with Crippen LogP contribution >= 0.6 is 11.6 Å². The van der Waals surface area contributed by atoms with Crippen molar-refractivity contribution in [3.8, 4) is 23.1 Å². The van der Waals surface area contributed by atoms with E-state index in [-0.39, 0.29) is 24.0 Å². The molecule has 1 saturated heterocycles. The molecule has 11 heteroatoms. The van der Waals surface area contributed by atoms with Gasteiger partial charge in [0.25, 0.3) is 5.91 Å². The van der Waals surface area contributed by atoms with Gasteiger partial charge in [-0.05, 0) is 32.4 Å². The van der Waals surface area contributed by atoms with Gasteiger partial charge in [-0.1, -0.05) is 41.9 Å². The number of piperazine rings is 1. The van der Waals surface area contributed by atoms with E-state index in [2.05, 4.69) is 26.8 Å². The molecule has 4 heterocycles. The molecule has 0 spiro atoms. The zero-order valence-corrected chi connectivity index (χ0v) is 22.8. The van der Waals surface area contributed by atoms with Crippen LogP contribution in [0.4, 0.5) is 0 Å². The topological polar surface area (TPSA) is 98.5 Å². The molecule has 0 bridgehead atoms. The molecule has 1 aliphatic heterocycles. The van der Waals surface area contributed by atoms with Gasteiger partial charge in [0, 0.05) is 38.4 Å². The van der Waals surface area contributed by atoms with Crippen molar-refractivity contribution >= 4 is 28.7 Å². The third-order valence-electron chi connectivity index (χ3n) is 7.25. The van der Waals surface area contributed by atoms with E-state index < -0.39 is 0 Å². The minimum absolute atomic E-state index is 0.0646. The number of nitrogens with zero attached hydrogens (tertiary/aromatic N) is 7. The van der Waals surface area contributed by atoms with E-state index in [0.717, 1.165) is 31.5 Å². The molecule has 0 N–H and O–H groups in total. The fourth-order valence-electron chi connectivity index (χ4n) is 4.56. The van der Waals surface area contributed by atoms with Gasteiger partial charge in [-0.25, -0.2) is 15.0 Å². The van der Waals surface area contributed by atoms with Crippen molar-refractivity contribution in [2.75, 3.05) is 39.8 Å². The Hall–Kier alpha value is -3.76. The van der Waals surface area contributed by atoms with E-state index in [9.17, 15) is 4.79 Å². The van der Waals surface area contributed by atoms with Crippen LogP contribution in [0.25, 0.3) is 22.6 Å². The molecular weight excluding hydrogens is 518 g/mol. The third-order valence-corrected chi connectivity index (χ3v) is 7.56. The van der Waals surface area contributed by atoms with Gasteiger partial charge in [-0.2, -0.15) is 4.98 Å². The molecule has 1 aliphatic carbocycles. The maximum absolute atomic E-state index is 12.6. The predicted octanol–water partition coefficient (Wildman–Crippen LogP) is 3.67. The first kappa shape index (κ1) is 25.5. The van der Waals surface area contributed by atoms with Gasteiger partial charge in [-0.15, -0.1) is 0 Å². The Balaban J connectivity index is 1.29. The van der Waals surface area contributed by atoms with Crippen molar-refractivity contribution in [1.82, 2.24) is 34.3 Å². The Morgan fingerprint density at radius 3 is 2.56 bits per heavy atom. The number of aromatic nitrogens is 5. The molecule has 1 amide bonds. The number of halogens is 1. The fraction of sp³-hybridized carbons (Fsp3) is 0.393. The number of hydrogen-bond acceptors (Lipinski definition) is 8. The highest BCUT2D eigenvalue weighted by Gasteiger charge is 2.41. The monoisotopic (exact) mass is 547 g/mol. The summed E-state index contributed by atoms with van der Waals surface area (Å²) < 4.78 is 13.9. The molecule has 0 unspecified atom stereocenters. The SMILES string of the molecule is CN1CCN(C(=O)COc2cc(Cl)c(-c3nc4c(OC5(C)CC5)ncnc4n3Cc3ccccc3)cn2)CC1. The van der Waals surface area contributed by atoms with E-state index in [0.29, 0.717) is 53.1 Å². The van der Waals surface area contributed by atoms with Gasteiger partial charge in [0.05, 0.1) is 17.1 Å². The molecule has 0 radical (unpaired) electrons. The van der Waals surface area contributed by atoms with Crippen molar-refractivity contribution in [3.63, 3.8) is 0 Å². The van der Waals surface area contributed by atoms with Crippen molar-refractivity contribution in [2.24, 2.45) is 0 Å². The lowest BCUT2D eigenvalue weighted by Gasteiger charge is -2.32. The normalized spacial score (nSPS) is 16.8.